The van der Waals surface area contributed by atoms with Crippen LogP contribution in [0.2, 0.25) is 0 Å². The Balaban J connectivity index is 1.13. The predicted octanol–water partition coefficient (Wildman–Crippen LogP) is 13.2. The van der Waals surface area contributed by atoms with Gasteiger partial charge in [0.15, 0.2) is 0 Å². The summed E-state index contributed by atoms with van der Waals surface area (Å²) in [6.45, 7) is -0.228. The summed E-state index contributed by atoms with van der Waals surface area (Å²) in [4.78, 5) is 5.16. The summed E-state index contributed by atoms with van der Waals surface area (Å²) in [7, 11) is -1.95. The molecule has 0 amide bonds. The van der Waals surface area contributed by atoms with Crippen LogP contribution in [-0.4, -0.2) is 20.4 Å². The van der Waals surface area contributed by atoms with Crippen molar-refractivity contribution in [1.29, 1.82) is 10.5 Å². The lowest BCUT2D eigenvalue weighted by Crippen LogP contribution is -2.60. The first-order valence-corrected chi connectivity index (χ1v) is 25.0. The summed E-state index contributed by atoms with van der Waals surface area (Å²) >= 11 is 0. The van der Waals surface area contributed by atoms with E-state index in [1.807, 2.05) is 0 Å². The highest BCUT2D eigenvalue weighted by atomic mass is 32.3. The maximum atomic E-state index is 12.1. The summed E-state index contributed by atoms with van der Waals surface area (Å²) in [5, 5.41) is 30.9. The van der Waals surface area contributed by atoms with E-state index in [1.165, 1.54) is 41.6 Å². The number of fused-ring (bicyclic) bond motifs is 16. The van der Waals surface area contributed by atoms with E-state index in [1.54, 1.807) is 0 Å². The van der Waals surface area contributed by atoms with E-state index in [4.69, 9.17) is 0 Å². The van der Waals surface area contributed by atoms with Gasteiger partial charge in [0.25, 0.3) is 6.71 Å². The lowest BCUT2D eigenvalue weighted by molar-refractivity contribution is 1.08. The van der Waals surface area contributed by atoms with Crippen LogP contribution in [0.15, 0.2) is 226 Å². The molecule has 0 atom stereocenters. The van der Waals surface area contributed by atoms with Gasteiger partial charge >= 0.3 is 0 Å². The van der Waals surface area contributed by atoms with E-state index < -0.39 is 10.0 Å². The highest BCUT2D eigenvalue weighted by Crippen LogP contribution is 2.80. The zero-order valence-corrected chi connectivity index (χ0v) is 37.7. The van der Waals surface area contributed by atoms with Gasteiger partial charge in [-0.3, -0.25) is 0 Å². The Labute approximate surface area is 398 Å². The number of rotatable bonds is 3. The van der Waals surface area contributed by atoms with Crippen LogP contribution in [0.25, 0.3) is 93.6 Å². The molecule has 7 heteroatoms. The molecule has 0 saturated heterocycles. The van der Waals surface area contributed by atoms with Crippen molar-refractivity contribution in [2.24, 2.45) is 0 Å². The van der Waals surface area contributed by atoms with E-state index in [-0.39, 0.29) is 6.71 Å². The number of benzene rings is 10. The molecule has 0 saturated carbocycles. The Bertz CT molecular complexity index is 4380. The fourth-order valence-electron chi connectivity index (χ4n) is 13.1. The molecule has 0 aliphatic carbocycles. The van der Waals surface area contributed by atoms with E-state index in [9.17, 15) is 10.5 Å². The van der Waals surface area contributed by atoms with Crippen LogP contribution in [0.5, 0.6) is 0 Å². The fraction of sp³-hybridized carbons (Fsp3) is 0. The van der Waals surface area contributed by atoms with Gasteiger partial charge in [0.2, 0.25) is 0 Å². The van der Waals surface area contributed by atoms with Crippen molar-refractivity contribution in [3.8, 4) is 40.3 Å². The molecule has 0 spiro atoms. The molecule has 10 aromatic carbocycles. The minimum absolute atomic E-state index is 0.228. The number of hydrogen-bond acceptors (Lipinski definition) is 2. The van der Waals surface area contributed by atoms with Gasteiger partial charge in [0.05, 0.1) is 39.1 Å². The van der Waals surface area contributed by atoms with E-state index in [0.717, 1.165) is 82.3 Å². The maximum Gasteiger partial charge on any atom is 0.252 e. The van der Waals surface area contributed by atoms with Gasteiger partial charge in [-0.25, -0.2) is 0 Å². The van der Waals surface area contributed by atoms with Gasteiger partial charge in [0.1, 0.15) is 23.3 Å². The second-order valence-corrected chi connectivity index (χ2v) is 21.6. The van der Waals surface area contributed by atoms with Crippen molar-refractivity contribution in [2.75, 3.05) is 0 Å². The number of aromatic nitrogens is 3. The van der Waals surface area contributed by atoms with Gasteiger partial charge in [-0.2, -0.15) is 10.5 Å². The Kier molecular flexibility index (Phi) is 7.06. The first kappa shape index (κ1) is 37.1. The van der Waals surface area contributed by atoms with Crippen LogP contribution < -0.4 is 16.4 Å². The van der Waals surface area contributed by atoms with E-state index >= 15 is 0 Å². The summed E-state index contributed by atoms with van der Waals surface area (Å²) < 4.78 is 6.98. The Hall–Kier alpha value is -9.01. The topological polar surface area (TPSA) is 62.4 Å². The van der Waals surface area contributed by atoms with Gasteiger partial charge in [-0.15, -0.1) is 10.0 Å². The Morgan fingerprint density at radius 2 is 0.826 bits per heavy atom. The maximum absolute atomic E-state index is 12.1. The first-order valence-electron chi connectivity index (χ1n) is 23.4. The summed E-state index contributed by atoms with van der Waals surface area (Å²) in [6, 6.07) is 80.5. The molecule has 3 aliphatic rings. The molecule has 0 bridgehead atoms. The molecular formula is C62H34BN5S. The van der Waals surface area contributed by atoms with Crippen LogP contribution >= 0.6 is 10.0 Å². The zero-order valence-electron chi connectivity index (χ0n) is 36.9. The lowest BCUT2D eigenvalue weighted by atomic mass is 9.34. The minimum atomic E-state index is -1.95. The van der Waals surface area contributed by atoms with Crippen LogP contribution in [-0.2, 0) is 0 Å². The van der Waals surface area contributed by atoms with Gasteiger partial charge < -0.3 is 13.7 Å². The van der Waals surface area contributed by atoms with Crippen molar-refractivity contribution >= 4 is 98.5 Å². The van der Waals surface area contributed by atoms with Gasteiger partial charge in [-0.1, -0.05) is 146 Å². The van der Waals surface area contributed by atoms with Gasteiger partial charge in [0, 0.05) is 62.9 Å². The largest absolute Gasteiger partial charge is 0.309 e. The van der Waals surface area contributed by atoms with Crippen LogP contribution in [0.4, 0.5) is 0 Å². The molecule has 316 valence electrons. The summed E-state index contributed by atoms with van der Waals surface area (Å²) in [6.07, 6.45) is 0. The SMILES string of the molecule is N#Cc1c(-n2c3ccccc3c3cc4c(cc32)-c2ccccc2S4(c2ccccc2)c2ccccc2)c(C#N)c2c3c1-n1c4ccccc4c4cccc(c41)B3c1cccc3c4ccccc4n-2c13. The molecule has 0 unspecified atom stereocenters. The molecule has 16 rings (SSSR count). The first-order chi connectivity index (χ1) is 34.2. The highest BCUT2D eigenvalue weighted by Gasteiger charge is 2.46. The number of para-hydroxylation sites is 5. The summed E-state index contributed by atoms with van der Waals surface area (Å²) in [5.41, 5.74) is 15.1. The molecule has 5 nitrogen and oxygen atoms in total. The third-order valence-electron chi connectivity index (χ3n) is 15.5. The molecule has 69 heavy (non-hydrogen) atoms. The van der Waals surface area contributed by atoms with Crippen molar-refractivity contribution in [2.45, 2.75) is 19.6 Å². The molecule has 0 radical (unpaired) electrons. The number of hydrogen-bond donors (Lipinski definition) is 0. The second-order valence-electron chi connectivity index (χ2n) is 18.5. The Morgan fingerprint density at radius 3 is 1.38 bits per heavy atom. The summed E-state index contributed by atoms with van der Waals surface area (Å²) in [5.74, 6) is 0. The smallest absolute Gasteiger partial charge is 0.252 e. The lowest BCUT2D eigenvalue weighted by Gasteiger charge is -2.39. The Morgan fingerprint density at radius 1 is 0.362 bits per heavy atom. The third-order valence-corrected chi connectivity index (χ3v) is 19.5. The second kappa shape index (κ2) is 13.1. The number of nitrogens with zero attached hydrogens (tertiary/aromatic N) is 5. The molecular weight excluding hydrogens is 858 g/mol. The molecule has 0 N–H and O–H groups in total. The van der Waals surface area contributed by atoms with Crippen LogP contribution in [0.3, 0.4) is 0 Å². The van der Waals surface area contributed by atoms with Gasteiger partial charge in [-0.05, 0) is 88.2 Å². The third kappa shape index (κ3) is 4.30. The van der Waals surface area contributed by atoms with Crippen molar-refractivity contribution in [1.82, 2.24) is 13.7 Å². The van der Waals surface area contributed by atoms with Crippen LogP contribution in [0, 0.1) is 22.7 Å². The standard InChI is InChI=1S/C62H34BN5S/c64-35-47-58(66-51-29-11-9-23-41(51)45-34-56-46(33-54(45)66)42-24-10-14-32-55(42)69(56,37-17-3-1-4-18-37)38-19-5-2-6-20-38)48(36-65)62-57-61(47)67-52-30-12-7-21-39(52)43-25-15-27-49(59(43)67)63(57)50-28-16-26-44-40-22-8-13-31-53(40)68(62)60(44)50/h1-34H. The van der Waals surface area contributed by atoms with Crippen LogP contribution in [0.1, 0.15) is 11.1 Å². The highest BCUT2D eigenvalue weighted by molar-refractivity contribution is 8.34. The van der Waals surface area contributed by atoms with Crippen molar-refractivity contribution < 1.29 is 0 Å². The molecule has 6 heterocycles. The van der Waals surface area contributed by atoms with E-state index in [0.29, 0.717) is 16.8 Å². The average Bonchev–Trinajstić information content (AvgIpc) is 4.13. The average molecular weight is 892 g/mol. The monoisotopic (exact) mass is 891 g/mol. The molecule has 3 aromatic heterocycles. The molecule has 0 fully saturated rings. The van der Waals surface area contributed by atoms with E-state index in [2.05, 4.69) is 232 Å². The quantitative estimate of drug-likeness (QED) is 0.166. The van der Waals surface area contributed by atoms with Crippen molar-refractivity contribution in [3.63, 3.8) is 0 Å². The fourth-order valence-corrected chi connectivity index (χ4v) is 17.3. The molecule has 13 aromatic rings. The minimum Gasteiger partial charge on any atom is -0.309 e. The predicted molar refractivity (Wildman–Crippen MR) is 283 cm³/mol. The number of nitriles is 2. The molecule has 3 aliphatic heterocycles. The zero-order chi connectivity index (χ0) is 45.3. The van der Waals surface area contributed by atoms with Crippen molar-refractivity contribution in [3.05, 3.63) is 217 Å². The normalized spacial score (nSPS) is 14.0.